The van der Waals surface area contributed by atoms with Crippen molar-refractivity contribution in [3.8, 4) is 39.3 Å². The Kier molecular flexibility index (Phi) is 9.03. The normalized spacial score (nSPS) is 11.7. The predicted octanol–water partition coefficient (Wildman–Crippen LogP) is 8.78. The molecule has 0 saturated carbocycles. The number of carboxylic acids is 2. The molecule has 2 aliphatic rings. The van der Waals surface area contributed by atoms with Gasteiger partial charge in [-0.2, -0.15) is 13.2 Å². The Morgan fingerprint density at radius 1 is 0.809 bits per heavy atom. The first-order chi connectivity index (χ1) is 21.9. The number of carboxylic acid groups (broad SMARTS) is 2. The maximum atomic E-state index is 13.4. The zero-order chi connectivity index (χ0) is 34.7. The monoisotopic (exact) mass is 747 g/mol. The second-order valence-electron chi connectivity index (χ2n) is 9.76. The Bertz CT molecular complexity index is 2200. The maximum absolute atomic E-state index is 13.4. The summed E-state index contributed by atoms with van der Waals surface area (Å²) in [5, 5.41) is 29.5. The molecule has 0 fully saturated rings. The van der Waals surface area contributed by atoms with Crippen LogP contribution in [-0.2, 0) is 11.3 Å². The highest BCUT2D eigenvalue weighted by molar-refractivity contribution is 6.54. The quantitative estimate of drug-likeness (QED) is 0.0764. The van der Waals surface area contributed by atoms with Crippen LogP contribution in [0.2, 0.25) is 25.1 Å². The van der Waals surface area contributed by atoms with Gasteiger partial charge < -0.3 is 25.1 Å². The third kappa shape index (κ3) is 6.03. The summed E-state index contributed by atoms with van der Waals surface area (Å²) in [6.07, 6.45) is -5.30. The zero-order valence-electron chi connectivity index (χ0n) is 22.7. The minimum absolute atomic E-state index is 0.0214. The number of fused-ring (bicyclic) bond motifs is 2. The minimum atomic E-state index is -5.30. The minimum Gasteiger partial charge on any atom is -0.506 e. The fraction of sp³-hybridized carbons (Fsp3) is 0.0667. The van der Waals surface area contributed by atoms with Crippen LogP contribution in [0.1, 0.15) is 26.3 Å². The molecule has 0 radical (unpaired) electrons. The number of amides is 1. The number of phenolic OH excluding ortho intramolecular Hbond substituents is 1. The molecule has 1 aliphatic carbocycles. The van der Waals surface area contributed by atoms with E-state index in [0.29, 0.717) is 0 Å². The van der Waals surface area contributed by atoms with Crippen molar-refractivity contribution in [3.63, 3.8) is 0 Å². The molecule has 3 aromatic rings. The third-order valence-corrected chi connectivity index (χ3v) is 9.08. The fourth-order valence-electron chi connectivity index (χ4n) is 4.86. The summed E-state index contributed by atoms with van der Waals surface area (Å²) in [5.41, 5.74) is -2.69. The standard InChI is InChI=1S/C30H13Cl5F3NO8/c31-15-6-13-18(19-20(28(44)45)22(33)24(35)23(34)21(19)32)12-5-11(9-1-3-10(4-2-9)27(42)43)16(40)7-17(12)47-26(13)14(25(15)41)8-39-29(46)30(36,37)38/h1-7,41H,8H2,(H,39,46)(H,42,43)(H,44,45). The molecular formula is C30H13Cl5F3NO8. The molecule has 0 saturated heterocycles. The lowest BCUT2D eigenvalue weighted by atomic mass is 9.88. The number of carbonyl (C=O) groups is 3. The molecule has 242 valence electrons. The van der Waals surface area contributed by atoms with Crippen molar-refractivity contribution in [1.29, 1.82) is 0 Å². The van der Waals surface area contributed by atoms with E-state index in [-0.39, 0.29) is 49.5 Å². The van der Waals surface area contributed by atoms with Gasteiger partial charge in [0, 0.05) is 33.7 Å². The SMILES string of the molecule is O=C(O)c1ccc(-c2cc3c(-c4c(Cl)c(Cl)c(Cl)c(Cl)c4C(=O)O)c4cc(Cl)c(O)c(CNC(=O)C(F)(F)F)c4oc-3cc2=O)cc1. The summed E-state index contributed by atoms with van der Waals surface area (Å²) in [5.74, 6) is -6.31. The van der Waals surface area contributed by atoms with Gasteiger partial charge in [-0.25, -0.2) is 9.59 Å². The van der Waals surface area contributed by atoms with Crippen LogP contribution in [0.4, 0.5) is 13.2 Å². The Balaban J connectivity index is 1.97. The van der Waals surface area contributed by atoms with Crippen LogP contribution in [0.5, 0.6) is 5.75 Å². The van der Waals surface area contributed by atoms with Crippen molar-refractivity contribution in [2.45, 2.75) is 12.7 Å². The number of aromatic hydroxyl groups is 1. The second kappa shape index (κ2) is 12.4. The first-order valence-corrected chi connectivity index (χ1v) is 14.6. The van der Waals surface area contributed by atoms with Gasteiger partial charge >= 0.3 is 24.0 Å². The van der Waals surface area contributed by atoms with Gasteiger partial charge in [-0.3, -0.25) is 9.59 Å². The van der Waals surface area contributed by atoms with E-state index >= 15 is 0 Å². The Morgan fingerprint density at radius 3 is 2.00 bits per heavy atom. The van der Waals surface area contributed by atoms with Crippen LogP contribution in [0.3, 0.4) is 0 Å². The van der Waals surface area contributed by atoms with E-state index < -0.39 is 78.5 Å². The number of benzene rings is 4. The molecule has 0 spiro atoms. The Hall–Kier alpha value is -4.20. The number of phenols is 1. The summed E-state index contributed by atoms with van der Waals surface area (Å²) in [6, 6.07) is 8.53. The van der Waals surface area contributed by atoms with Gasteiger partial charge in [0.2, 0.25) is 0 Å². The molecule has 0 aromatic heterocycles. The Labute approximate surface area is 284 Å². The summed E-state index contributed by atoms with van der Waals surface area (Å²) >= 11 is 31.7. The molecule has 9 nitrogen and oxygen atoms in total. The molecule has 4 N–H and O–H groups in total. The first-order valence-electron chi connectivity index (χ1n) is 12.7. The van der Waals surface area contributed by atoms with E-state index in [2.05, 4.69) is 0 Å². The van der Waals surface area contributed by atoms with Gasteiger partial charge in [0.25, 0.3) is 0 Å². The van der Waals surface area contributed by atoms with Gasteiger partial charge in [-0.15, -0.1) is 0 Å². The third-order valence-electron chi connectivity index (χ3n) is 6.99. The molecule has 1 aliphatic heterocycles. The summed E-state index contributed by atoms with van der Waals surface area (Å²) in [6.45, 7) is -0.991. The summed E-state index contributed by atoms with van der Waals surface area (Å²) in [7, 11) is 0. The van der Waals surface area contributed by atoms with E-state index in [1.165, 1.54) is 30.3 Å². The van der Waals surface area contributed by atoms with Crippen molar-refractivity contribution < 1.29 is 47.3 Å². The van der Waals surface area contributed by atoms with Crippen LogP contribution in [0.25, 0.3) is 44.5 Å². The smallest absolute Gasteiger partial charge is 0.471 e. The predicted molar refractivity (Wildman–Crippen MR) is 169 cm³/mol. The van der Waals surface area contributed by atoms with Crippen molar-refractivity contribution >= 4 is 86.8 Å². The van der Waals surface area contributed by atoms with E-state index in [1.54, 1.807) is 5.32 Å². The van der Waals surface area contributed by atoms with Crippen molar-refractivity contribution in [1.82, 2.24) is 5.32 Å². The lowest BCUT2D eigenvalue weighted by Crippen LogP contribution is -2.36. The fourth-order valence-corrected chi connectivity index (χ4v) is 6.11. The molecule has 0 bridgehead atoms. The lowest BCUT2D eigenvalue weighted by Gasteiger charge is -2.22. The maximum Gasteiger partial charge on any atom is 0.471 e. The zero-order valence-corrected chi connectivity index (χ0v) is 26.4. The molecule has 1 heterocycles. The van der Waals surface area contributed by atoms with Crippen molar-refractivity contribution in [2.24, 2.45) is 0 Å². The van der Waals surface area contributed by atoms with Gasteiger partial charge in [-0.05, 0) is 29.8 Å². The van der Waals surface area contributed by atoms with Crippen LogP contribution < -0.4 is 10.7 Å². The molecule has 3 aromatic carbocycles. The Morgan fingerprint density at radius 2 is 1.43 bits per heavy atom. The molecule has 5 rings (SSSR count). The second-order valence-corrected chi connectivity index (χ2v) is 11.7. The molecule has 17 heteroatoms. The van der Waals surface area contributed by atoms with E-state index in [9.17, 15) is 47.7 Å². The highest BCUT2D eigenvalue weighted by Gasteiger charge is 2.39. The van der Waals surface area contributed by atoms with Crippen LogP contribution >= 0.6 is 58.0 Å². The number of hydrogen-bond acceptors (Lipinski definition) is 6. The molecule has 1 amide bonds. The van der Waals surface area contributed by atoms with Crippen LogP contribution in [0.15, 0.2) is 51.7 Å². The number of carbonyl (C=O) groups excluding carboxylic acids is 1. The molecule has 0 atom stereocenters. The highest BCUT2D eigenvalue weighted by Crippen LogP contribution is 2.52. The number of nitrogens with one attached hydrogen (secondary N) is 1. The lowest BCUT2D eigenvalue weighted by molar-refractivity contribution is -0.173. The number of aromatic carboxylic acids is 2. The number of rotatable bonds is 6. The van der Waals surface area contributed by atoms with Crippen LogP contribution in [-0.4, -0.2) is 39.3 Å². The number of halogens is 8. The topological polar surface area (TPSA) is 154 Å². The van der Waals surface area contributed by atoms with Crippen molar-refractivity contribution in [3.05, 3.63) is 94.5 Å². The van der Waals surface area contributed by atoms with E-state index in [0.717, 1.165) is 12.1 Å². The van der Waals surface area contributed by atoms with Gasteiger partial charge in [0.15, 0.2) is 5.43 Å². The van der Waals surface area contributed by atoms with E-state index in [4.69, 9.17) is 62.4 Å². The largest absolute Gasteiger partial charge is 0.506 e. The summed E-state index contributed by atoms with van der Waals surface area (Å²) < 4.78 is 44.9. The number of hydrogen-bond donors (Lipinski definition) is 4. The highest BCUT2D eigenvalue weighted by atomic mass is 35.5. The van der Waals surface area contributed by atoms with Gasteiger partial charge in [0.05, 0.1) is 48.3 Å². The number of alkyl halides is 3. The van der Waals surface area contributed by atoms with Gasteiger partial charge in [-0.1, -0.05) is 70.1 Å². The molecule has 47 heavy (non-hydrogen) atoms. The first kappa shape index (κ1) is 34.1. The van der Waals surface area contributed by atoms with Crippen LogP contribution in [0, 0.1) is 0 Å². The molecular weight excluding hydrogens is 737 g/mol. The average Bonchev–Trinajstić information content (AvgIpc) is 3.00. The summed E-state index contributed by atoms with van der Waals surface area (Å²) in [4.78, 5) is 49.0. The van der Waals surface area contributed by atoms with Gasteiger partial charge in [0.1, 0.15) is 17.1 Å². The van der Waals surface area contributed by atoms with Crippen molar-refractivity contribution in [2.75, 3.05) is 0 Å². The average molecular weight is 750 g/mol. The van der Waals surface area contributed by atoms with E-state index in [1.807, 2.05) is 0 Å². The molecule has 0 unspecified atom stereocenters.